The zero-order valence-electron chi connectivity index (χ0n) is 16.1. The molecule has 2 heterocycles. The van der Waals surface area contributed by atoms with Gasteiger partial charge in [-0.3, -0.25) is 0 Å². The maximum atomic E-state index is 11.9. The number of carboxylic acid groups (broad SMARTS) is 1. The van der Waals surface area contributed by atoms with Crippen LogP contribution < -0.4 is 0 Å². The number of rotatable bonds is 9. The Bertz CT molecular complexity index is 1010. The molecule has 29 heavy (non-hydrogen) atoms. The average Bonchev–Trinajstić information content (AvgIpc) is 3.30. The molecule has 0 amide bonds. The second kappa shape index (κ2) is 10.2. The van der Waals surface area contributed by atoms with Gasteiger partial charge in [-0.1, -0.05) is 49.2 Å². The van der Waals surface area contributed by atoms with Crippen LogP contribution in [0.25, 0.3) is 6.08 Å². The van der Waals surface area contributed by atoms with E-state index < -0.39 is 5.97 Å². The molecule has 0 aliphatic heterocycles. The van der Waals surface area contributed by atoms with Crippen molar-refractivity contribution in [1.29, 1.82) is 0 Å². The molecule has 3 aromatic rings. The van der Waals surface area contributed by atoms with E-state index in [0.717, 1.165) is 41.2 Å². The minimum absolute atomic E-state index is 0.329. The number of halogens is 2. The lowest BCUT2D eigenvalue weighted by atomic mass is 10.1. The fourth-order valence-electron chi connectivity index (χ4n) is 3.07. The van der Waals surface area contributed by atoms with E-state index in [1.54, 1.807) is 17.4 Å². The van der Waals surface area contributed by atoms with E-state index >= 15 is 0 Å². The number of carboxylic acids is 1. The summed E-state index contributed by atoms with van der Waals surface area (Å²) in [5.41, 5.74) is 2.06. The van der Waals surface area contributed by atoms with Crippen molar-refractivity contribution in [1.82, 2.24) is 9.55 Å². The number of benzene rings is 1. The minimum Gasteiger partial charge on any atom is -0.478 e. The van der Waals surface area contributed by atoms with Crippen molar-refractivity contribution in [3.05, 3.63) is 78.9 Å². The van der Waals surface area contributed by atoms with E-state index in [1.165, 1.54) is 0 Å². The first-order chi connectivity index (χ1) is 14.0. The van der Waals surface area contributed by atoms with Crippen LogP contribution in [0, 0.1) is 0 Å². The fraction of sp³-hybridized carbons (Fsp3) is 0.273. The lowest BCUT2D eigenvalue weighted by molar-refractivity contribution is -0.132. The summed E-state index contributed by atoms with van der Waals surface area (Å²) in [7, 11) is 0. The Morgan fingerprint density at radius 3 is 2.76 bits per heavy atom. The molecule has 0 saturated heterocycles. The summed E-state index contributed by atoms with van der Waals surface area (Å²) < 4.78 is 2.72. The molecule has 0 aliphatic rings. The van der Waals surface area contributed by atoms with Crippen molar-refractivity contribution in [3.63, 3.8) is 0 Å². The number of imidazole rings is 1. The molecule has 4 nitrogen and oxygen atoms in total. The van der Waals surface area contributed by atoms with E-state index in [0.29, 0.717) is 28.2 Å². The lowest BCUT2D eigenvalue weighted by Gasteiger charge is -2.12. The van der Waals surface area contributed by atoms with Gasteiger partial charge in [-0.05, 0) is 51.5 Å². The van der Waals surface area contributed by atoms with Gasteiger partial charge in [0.25, 0.3) is 0 Å². The second-order valence-electron chi connectivity index (χ2n) is 6.72. The summed E-state index contributed by atoms with van der Waals surface area (Å²) >= 11 is 11.5. The van der Waals surface area contributed by atoms with Crippen molar-refractivity contribution in [2.75, 3.05) is 0 Å². The molecule has 0 atom stereocenters. The lowest BCUT2D eigenvalue weighted by Crippen LogP contribution is -2.09. The standard InChI is InChI=1S/C22H22BrClN2O2S/c1-2-3-10-20-25-21(23)19(26(20)14-15-7-4-5-9-18(15)24)13-16(22(27)28)12-17-8-6-11-29-17/h4-9,11,13H,2-3,10,12,14H2,1H3,(H,27,28). The maximum absolute atomic E-state index is 11.9. The predicted molar refractivity (Wildman–Crippen MR) is 123 cm³/mol. The van der Waals surface area contributed by atoms with Crippen LogP contribution in [0.3, 0.4) is 0 Å². The Balaban J connectivity index is 2.05. The van der Waals surface area contributed by atoms with Gasteiger partial charge in [-0.15, -0.1) is 11.3 Å². The summed E-state index contributed by atoms with van der Waals surface area (Å²) in [4.78, 5) is 17.6. The van der Waals surface area contributed by atoms with Crippen LogP contribution in [0.4, 0.5) is 0 Å². The summed E-state index contributed by atoms with van der Waals surface area (Å²) in [5.74, 6) is -0.00309. The van der Waals surface area contributed by atoms with Crippen molar-refractivity contribution < 1.29 is 9.90 Å². The van der Waals surface area contributed by atoms with Gasteiger partial charge >= 0.3 is 5.97 Å². The SMILES string of the molecule is CCCCc1nc(Br)c(C=C(Cc2cccs2)C(=O)O)n1Cc1ccccc1Cl. The normalized spacial score (nSPS) is 11.8. The van der Waals surface area contributed by atoms with Gasteiger partial charge in [0, 0.05) is 28.3 Å². The first-order valence-electron chi connectivity index (χ1n) is 9.44. The molecular weight excluding hydrogens is 472 g/mol. The van der Waals surface area contributed by atoms with Crippen molar-refractivity contribution in [2.24, 2.45) is 0 Å². The highest BCUT2D eigenvalue weighted by molar-refractivity contribution is 9.10. The number of nitrogens with zero attached hydrogens (tertiary/aromatic N) is 2. The molecule has 1 aromatic carbocycles. The van der Waals surface area contributed by atoms with Gasteiger partial charge in [0.05, 0.1) is 12.2 Å². The van der Waals surface area contributed by atoms with Crippen LogP contribution >= 0.6 is 38.9 Å². The van der Waals surface area contributed by atoms with Gasteiger partial charge in [0.15, 0.2) is 0 Å². The number of thiophene rings is 1. The monoisotopic (exact) mass is 492 g/mol. The summed E-state index contributed by atoms with van der Waals surface area (Å²) in [6.45, 7) is 2.68. The Kier molecular flexibility index (Phi) is 7.70. The van der Waals surface area contributed by atoms with Gasteiger partial charge in [0.1, 0.15) is 10.4 Å². The Morgan fingerprint density at radius 2 is 2.10 bits per heavy atom. The van der Waals surface area contributed by atoms with Gasteiger partial charge in [-0.25, -0.2) is 9.78 Å². The number of aromatic nitrogens is 2. The summed E-state index contributed by atoms with van der Waals surface area (Å²) in [5, 5.41) is 12.4. The predicted octanol–water partition coefficient (Wildman–Crippen LogP) is 6.46. The van der Waals surface area contributed by atoms with Crippen LogP contribution in [0.1, 0.15) is 41.7 Å². The van der Waals surface area contributed by atoms with Crippen LogP contribution in [0.15, 0.2) is 52.0 Å². The third-order valence-corrected chi connectivity index (χ3v) is 6.44. The van der Waals surface area contributed by atoms with Crippen LogP contribution in [0.5, 0.6) is 0 Å². The van der Waals surface area contributed by atoms with Crippen LogP contribution in [-0.4, -0.2) is 20.6 Å². The summed E-state index contributed by atoms with van der Waals surface area (Å²) in [6, 6.07) is 11.6. The largest absolute Gasteiger partial charge is 0.478 e. The van der Waals surface area contributed by atoms with E-state index in [-0.39, 0.29) is 0 Å². The molecule has 1 N–H and O–H groups in total. The molecule has 7 heteroatoms. The molecule has 0 aliphatic carbocycles. The van der Waals surface area contributed by atoms with E-state index in [1.807, 2.05) is 41.8 Å². The fourth-order valence-corrected chi connectivity index (χ4v) is 4.53. The number of carbonyl (C=O) groups is 1. The quantitative estimate of drug-likeness (QED) is 0.348. The smallest absolute Gasteiger partial charge is 0.332 e. The van der Waals surface area contributed by atoms with E-state index in [9.17, 15) is 9.90 Å². The first-order valence-corrected chi connectivity index (χ1v) is 11.5. The maximum Gasteiger partial charge on any atom is 0.332 e. The zero-order valence-corrected chi connectivity index (χ0v) is 19.2. The topological polar surface area (TPSA) is 55.1 Å². The third-order valence-electron chi connectivity index (χ3n) is 4.61. The molecule has 0 fully saturated rings. The zero-order chi connectivity index (χ0) is 20.8. The average molecular weight is 494 g/mol. The Hall–Kier alpha value is -1.89. The Labute approximate surface area is 188 Å². The summed E-state index contributed by atoms with van der Waals surface area (Å²) in [6.07, 6.45) is 4.99. The number of unbranched alkanes of at least 4 members (excludes halogenated alkanes) is 1. The van der Waals surface area contributed by atoms with Gasteiger partial charge in [-0.2, -0.15) is 0 Å². The molecular formula is C22H22BrClN2O2S. The number of hydrogen-bond donors (Lipinski definition) is 1. The second-order valence-corrected chi connectivity index (χ2v) is 8.91. The molecule has 0 radical (unpaired) electrons. The van der Waals surface area contributed by atoms with Crippen molar-refractivity contribution in [3.8, 4) is 0 Å². The van der Waals surface area contributed by atoms with Crippen LogP contribution in [0.2, 0.25) is 5.02 Å². The van der Waals surface area contributed by atoms with Crippen molar-refractivity contribution in [2.45, 2.75) is 39.2 Å². The Morgan fingerprint density at radius 1 is 1.31 bits per heavy atom. The molecule has 0 bridgehead atoms. The van der Waals surface area contributed by atoms with Gasteiger partial charge < -0.3 is 9.67 Å². The minimum atomic E-state index is -0.925. The van der Waals surface area contributed by atoms with Crippen LogP contribution in [-0.2, 0) is 24.2 Å². The highest BCUT2D eigenvalue weighted by atomic mass is 79.9. The molecule has 0 saturated carbocycles. The number of hydrogen-bond acceptors (Lipinski definition) is 3. The van der Waals surface area contributed by atoms with E-state index in [4.69, 9.17) is 11.6 Å². The highest BCUT2D eigenvalue weighted by Gasteiger charge is 2.18. The molecule has 0 spiro atoms. The van der Waals surface area contributed by atoms with E-state index in [2.05, 4.69) is 32.4 Å². The highest BCUT2D eigenvalue weighted by Crippen LogP contribution is 2.27. The number of aliphatic carboxylic acids is 1. The first kappa shape index (κ1) is 21.8. The molecule has 0 unspecified atom stereocenters. The van der Waals surface area contributed by atoms with Crippen molar-refractivity contribution >= 4 is 50.9 Å². The van der Waals surface area contributed by atoms with Gasteiger partial charge in [0.2, 0.25) is 0 Å². The molecule has 2 aromatic heterocycles. The molecule has 152 valence electrons. The third kappa shape index (κ3) is 5.59. The number of aryl methyl sites for hydroxylation is 1. The molecule has 3 rings (SSSR count).